The maximum atomic E-state index is 12.6. The summed E-state index contributed by atoms with van der Waals surface area (Å²) in [6.45, 7) is 4.36. The fraction of sp³-hybridized carbons (Fsp3) is 0.429. The number of benzene rings is 1. The summed E-state index contributed by atoms with van der Waals surface area (Å²) >= 11 is 0. The zero-order chi connectivity index (χ0) is 12.5. The van der Waals surface area contributed by atoms with Crippen LogP contribution in [0.25, 0.3) is 0 Å². The van der Waals surface area contributed by atoms with E-state index in [4.69, 9.17) is 9.84 Å². The summed E-state index contributed by atoms with van der Waals surface area (Å²) in [5, 5.41) is 9.15. The molecule has 1 aromatic carbocycles. The smallest absolute Gasteiger partial charge is 0.123 e. The highest BCUT2D eigenvalue weighted by molar-refractivity contribution is 5.21. The lowest BCUT2D eigenvalue weighted by molar-refractivity contribution is 0.185. The number of hydrogen-bond donors (Lipinski definition) is 1. The lowest BCUT2D eigenvalue weighted by atomic mass is 10.0. The van der Waals surface area contributed by atoms with E-state index in [9.17, 15) is 4.39 Å². The molecule has 0 bridgehead atoms. The van der Waals surface area contributed by atoms with E-state index in [-0.39, 0.29) is 18.3 Å². The van der Waals surface area contributed by atoms with Crippen LogP contribution in [0.3, 0.4) is 0 Å². The van der Waals surface area contributed by atoms with E-state index in [1.807, 2.05) is 6.08 Å². The van der Waals surface area contributed by atoms with Crippen molar-refractivity contribution in [2.24, 2.45) is 5.92 Å². The van der Waals surface area contributed by atoms with Crippen molar-refractivity contribution in [1.82, 2.24) is 0 Å². The molecule has 0 saturated heterocycles. The molecule has 0 fully saturated rings. The molecule has 0 spiro atoms. The topological polar surface area (TPSA) is 29.5 Å². The molecule has 0 aliphatic heterocycles. The van der Waals surface area contributed by atoms with Gasteiger partial charge in [0.25, 0.3) is 0 Å². The van der Waals surface area contributed by atoms with E-state index in [0.717, 1.165) is 19.3 Å². The Hall–Kier alpha value is -1.35. The Bertz CT molecular complexity index is 321. The highest BCUT2D eigenvalue weighted by Crippen LogP contribution is 2.14. The molecule has 1 rings (SSSR count). The van der Waals surface area contributed by atoms with Gasteiger partial charge in [0.15, 0.2) is 0 Å². The SMILES string of the molecule is C=CCC[C@@H](CO)CCOc1ccc(F)cc1. The minimum absolute atomic E-state index is 0.167. The zero-order valence-corrected chi connectivity index (χ0v) is 9.94. The highest BCUT2D eigenvalue weighted by atomic mass is 19.1. The van der Waals surface area contributed by atoms with E-state index in [2.05, 4.69) is 6.58 Å². The minimum Gasteiger partial charge on any atom is -0.494 e. The standard InChI is InChI=1S/C14H19FO2/c1-2-3-4-12(11-16)9-10-17-14-7-5-13(15)6-8-14/h2,5-8,12,16H,1,3-4,9-11H2/t12-/m1/s1. The summed E-state index contributed by atoms with van der Waals surface area (Å²) in [5.41, 5.74) is 0. The normalized spacial score (nSPS) is 12.1. The number of halogens is 1. The van der Waals surface area contributed by atoms with Crippen molar-refractivity contribution in [3.8, 4) is 5.75 Å². The lowest BCUT2D eigenvalue weighted by Crippen LogP contribution is -2.11. The fourth-order valence-corrected chi connectivity index (χ4v) is 1.55. The second kappa shape index (κ2) is 7.85. The molecule has 0 radical (unpaired) electrons. The van der Waals surface area contributed by atoms with Gasteiger partial charge in [-0.05, 0) is 49.4 Å². The zero-order valence-electron chi connectivity index (χ0n) is 9.94. The van der Waals surface area contributed by atoms with E-state index >= 15 is 0 Å². The molecular weight excluding hydrogens is 219 g/mol. The number of aliphatic hydroxyl groups excluding tert-OH is 1. The molecule has 1 atom stereocenters. The van der Waals surface area contributed by atoms with Gasteiger partial charge in [-0.25, -0.2) is 4.39 Å². The second-order valence-electron chi connectivity index (χ2n) is 4.01. The molecule has 1 aromatic rings. The van der Waals surface area contributed by atoms with Crippen LogP contribution in [0.2, 0.25) is 0 Å². The Kier molecular flexibility index (Phi) is 6.33. The molecule has 3 heteroatoms. The number of aliphatic hydroxyl groups is 1. The Morgan fingerprint density at radius 3 is 2.59 bits per heavy atom. The maximum absolute atomic E-state index is 12.6. The predicted molar refractivity (Wildman–Crippen MR) is 66.5 cm³/mol. The largest absolute Gasteiger partial charge is 0.494 e. The molecular formula is C14H19FO2. The average Bonchev–Trinajstić information content (AvgIpc) is 2.36. The van der Waals surface area contributed by atoms with Gasteiger partial charge in [0.1, 0.15) is 11.6 Å². The molecule has 0 aromatic heterocycles. The molecule has 0 unspecified atom stereocenters. The molecule has 94 valence electrons. The van der Waals surface area contributed by atoms with Crippen LogP contribution in [-0.4, -0.2) is 18.3 Å². The van der Waals surface area contributed by atoms with Crippen molar-refractivity contribution in [2.75, 3.05) is 13.2 Å². The summed E-state index contributed by atoms with van der Waals surface area (Å²) < 4.78 is 18.1. The Morgan fingerprint density at radius 2 is 2.00 bits per heavy atom. The van der Waals surface area contributed by atoms with E-state index in [1.54, 1.807) is 12.1 Å². The number of allylic oxidation sites excluding steroid dienone is 1. The number of rotatable bonds is 8. The van der Waals surface area contributed by atoms with Crippen LogP contribution in [0.4, 0.5) is 4.39 Å². The van der Waals surface area contributed by atoms with Crippen molar-refractivity contribution < 1.29 is 14.2 Å². The first kappa shape index (κ1) is 13.7. The van der Waals surface area contributed by atoms with Crippen molar-refractivity contribution >= 4 is 0 Å². The highest BCUT2D eigenvalue weighted by Gasteiger charge is 2.06. The summed E-state index contributed by atoms with van der Waals surface area (Å²) in [6, 6.07) is 5.95. The summed E-state index contributed by atoms with van der Waals surface area (Å²) in [6.07, 6.45) is 4.47. The van der Waals surface area contributed by atoms with Gasteiger partial charge in [0, 0.05) is 6.61 Å². The van der Waals surface area contributed by atoms with E-state index in [1.165, 1.54) is 12.1 Å². The first-order chi connectivity index (χ1) is 8.26. The third-order valence-corrected chi connectivity index (χ3v) is 2.65. The van der Waals surface area contributed by atoms with Crippen LogP contribution in [0, 0.1) is 11.7 Å². The summed E-state index contributed by atoms with van der Waals surface area (Å²) in [5.74, 6) is 0.636. The average molecular weight is 238 g/mol. The minimum atomic E-state index is -0.267. The van der Waals surface area contributed by atoms with Crippen LogP contribution >= 0.6 is 0 Å². The Labute approximate surface area is 102 Å². The van der Waals surface area contributed by atoms with Gasteiger partial charge in [0.05, 0.1) is 6.61 Å². The first-order valence-corrected chi connectivity index (χ1v) is 5.86. The molecule has 0 aliphatic rings. The third kappa shape index (κ3) is 5.50. The molecule has 1 N–H and O–H groups in total. The summed E-state index contributed by atoms with van der Waals surface area (Å²) in [4.78, 5) is 0. The van der Waals surface area contributed by atoms with Crippen LogP contribution in [0.15, 0.2) is 36.9 Å². The van der Waals surface area contributed by atoms with Crippen LogP contribution in [0.5, 0.6) is 5.75 Å². The van der Waals surface area contributed by atoms with Crippen molar-refractivity contribution in [1.29, 1.82) is 0 Å². The van der Waals surface area contributed by atoms with Crippen LogP contribution in [0.1, 0.15) is 19.3 Å². The first-order valence-electron chi connectivity index (χ1n) is 5.86. The van der Waals surface area contributed by atoms with Crippen LogP contribution in [-0.2, 0) is 0 Å². The van der Waals surface area contributed by atoms with Gasteiger partial charge in [0.2, 0.25) is 0 Å². The van der Waals surface area contributed by atoms with Crippen molar-refractivity contribution in [3.63, 3.8) is 0 Å². The molecule has 0 aliphatic carbocycles. The van der Waals surface area contributed by atoms with Gasteiger partial charge in [-0.2, -0.15) is 0 Å². The second-order valence-corrected chi connectivity index (χ2v) is 4.01. The molecule has 0 amide bonds. The fourth-order valence-electron chi connectivity index (χ4n) is 1.55. The van der Waals surface area contributed by atoms with Gasteiger partial charge in [-0.3, -0.25) is 0 Å². The van der Waals surface area contributed by atoms with E-state index < -0.39 is 0 Å². The molecule has 0 heterocycles. The van der Waals surface area contributed by atoms with Crippen LogP contribution < -0.4 is 4.74 Å². The Morgan fingerprint density at radius 1 is 1.29 bits per heavy atom. The van der Waals surface area contributed by atoms with Gasteiger partial charge in [-0.1, -0.05) is 6.08 Å². The van der Waals surface area contributed by atoms with Crippen molar-refractivity contribution in [3.05, 3.63) is 42.7 Å². The summed E-state index contributed by atoms with van der Waals surface area (Å²) in [7, 11) is 0. The quantitative estimate of drug-likeness (QED) is 0.705. The van der Waals surface area contributed by atoms with Gasteiger partial charge >= 0.3 is 0 Å². The molecule has 0 saturated carbocycles. The third-order valence-electron chi connectivity index (χ3n) is 2.65. The van der Waals surface area contributed by atoms with Gasteiger partial charge < -0.3 is 9.84 Å². The number of hydrogen-bond acceptors (Lipinski definition) is 2. The lowest BCUT2D eigenvalue weighted by Gasteiger charge is -2.13. The van der Waals surface area contributed by atoms with E-state index in [0.29, 0.717) is 12.4 Å². The number of ether oxygens (including phenoxy) is 1. The maximum Gasteiger partial charge on any atom is 0.123 e. The van der Waals surface area contributed by atoms with Crippen molar-refractivity contribution in [2.45, 2.75) is 19.3 Å². The molecule has 17 heavy (non-hydrogen) atoms. The monoisotopic (exact) mass is 238 g/mol. The predicted octanol–water partition coefficient (Wildman–Crippen LogP) is 3.17. The molecule has 2 nitrogen and oxygen atoms in total. The van der Waals surface area contributed by atoms with Gasteiger partial charge in [-0.15, -0.1) is 6.58 Å². The Balaban J connectivity index is 2.25.